The van der Waals surface area contributed by atoms with Gasteiger partial charge in [0.2, 0.25) is 5.95 Å². The van der Waals surface area contributed by atoms with E-state index in [-0.39, 0.29) is 11.8 Å². The van der Waals surface area contributed by atoms with Gasteiger partial charge in [-0.2, -0.15) is 4.98 Å². The van der Waals surface area contributed by atoms with E-state index in [9.17, 15) is 13.2 Å². The third kappa shape index (κ3) is 6.80. The van der Waals surface area contributed by atoms with Gasteiger partial charge >= 0.3 is 6.36 Å². The molecule has 0 fully saturated rings. The van der Waals surface area contributed by atoms with Crippen molar-refractivity contribution < 1.29 is 17.9 Å². The zero-order valence-corrected chi connectivity index (χ0v) is 17.9. The normalized spacial score (nSPS) is 11.4. The van der Waals surface area contributed by atoms with Gasteiger partial charge in [-0.25, -0.2) is 4.98 Å². The summed E-state index contributed by atoms with van der Waals surface area (Å²) in [6.07, 6.45) is -4.79. The summed E-state index contributed by atoms with van der Waals surface area (Å²) in [6.45, 7) is 3.82. The maximum Gasteiger partial charge on any atom is 0.573 e. The summed E-state index contributed by atoms with van der Waals surface area (Å²) in [5, 5.41) is 3.97. The second kappa shape index (κ2) is 9.49. The average molecular weight is 472 g/mol. The lowest BCUT2D eigenvalue weighted by molar-refractivity contribution is -0.274. The Balaban J connectivity index is 1.91. The Morgan fingerprint density at radius 3 is 2.42 bits per heavy atom. The average Bonchev–Trinajstić information content (AvgIpc) is 2.65. The van der Waals surface area contributed by atoms with E-state index in [1.54, 1.807) is 30.3 Å². The second-order valence-corrected chi connectivity index (χ2v) is 7.55. The zero-order chi connectivity index (χ0) is 22.6. The molecule has 11 heteroatoms. The minimum atomic E-state index is -4.79. The maximum atomic E-state index is 12.6. The molecule has 1 aromatic heterocycles. The molecule has 0 aliphatic heterocycles. The van der Waals surface area contributed by atoms with Crippen LogP contribution in [-0.4, -0.2) is 22.4 Å². The monoisotopic (exact) mass is 471 g/mol. The number of halogens is 5. The molecule has 3 N–H and O–H groups in total. The van der Waals surface area contributed by atoms with Crippen molar-refractivity contribution >= 4 is 40.7 Å². The Morgan fingerprint density at radius 1 is 0.968 bits per heavy atom. The number of anilines is 3. The molecule has 0 atom stereocenters. The van der Waals surface area contributed by atoms with Crippen molar-refractivity contribution in [1.82, 2.24) is 9.97 Å². The molecule has 0 saturated carbocycles. The van der Waals surface area contributed by atoms with Crippen molar-refractivity contribution in [2.45, 2.75) is 26.3 Å². The second-order valence-electron chi connectivity index (χ2n) is 6.71. The van der Waals surface area contributed by atoms with Gasteiger partial charge in [0.25, 0.3) is 0 Å². The number of nitrogens with one attached hydrogen (secondary N) is 3. The minimum absolute atomic E-state index is 0.0293. The molecule has 1 heterocycles. The van der Waals surface area contributed by atoms with Crippen LogP contribution in [0.5, 0.6) is 5.75 Å². The van der Waals surface area contributed by atoms with Crippen molar-refractivity contribution in [3.8, 4) is 17.0 Å². The molecule has 0 amide bonds. The molecule has 2 aromatic carbocycles. The molecule has 6 nitrogen and oxygen atoms in total. The fourth-order valence-corrected chi connectivity index (χ4v) is 3.01. The molecular formula is C20H18Cl2F3N5O. The summed E-state index contributed by atoms with van der Waals surface area (Å²) in [6, 6.07) is 12.1. The van der Waals surface area contributed by atoms with Gasteiger partial charge in [0.05, 0.1) is 16.4 Å². The number of benzene rings is 2. The third-order valence-corrected chi connectivity index (χ3v) is 4.31. The highest BCUT2D eigenvalue weighted by atomic mass is 35.5. The van der Waals surface area contributed by atoms with Crippen molar-refractivity contribution in [3.63, 3.8) is 0 Å². The minimum Gasteiger partial charge on any atom is -0.406 e. The van der Waals surface area contributed by atoms with E-state index in [4.69, 9.17) is 23.2 Å². The lowest BCUT2D eigenvalue weighted by Crippen LogP contribution is -2.17. The zero-order valence-electron chi connectivity index (χ0n) is 16.4. The first-order chi connectivity index (χ1) is 14.6. The number of hydrogen-bond donors (Lipinski definition) is 3. The van der Waals surface area contributed by atoms with E-state index in [1.807, 2.05) is 13.8 Å². The Hall–Kier alpha value is -2.91. The van der Waals surface area contributed by atoms with Crippen molar-refractivity contribution in [3.05, 3.63) is 58.6 Å². The number of hydrazine groups is 1. The summed E-state index contributed by atoms with van der Waals surface area (Å²) in [5.74, 6) is 0.310. The summed E-state index contributed by atoms with van der Waals surface area (Å²) in [5.41, 5.74) is 7.21. The molecule has 3 aromatic rings. The van der Waals surface area contributed by atoms with E-state index < -0.39 is 6.36 Å². The SMILES string of the molecule is CC(C)Nc1nc(NNc2ccc(Cl)cc2Cl)cc(-c2cccc(OC(F)(F)F)c2)n1. The standard InChI is InChI=1S/C20H18Cl2F3N5O/c1-11(2)26-19-27-17(12-4-3-5-14(8-12)31-20(23,24)25)10-18(28-19)30-29-16-7-6-13(21)9-15(16)22/h3-11,29H,1-2H3,(H2,26,27,28,30). The van der Waals surface area contributed by atoms with E-state index >= 15 is 0 Å². The van der Waals surface area contributed by atoms with Crippen molar-refractivity contribution in [2.75, 3.05) is 16.2 Å². The number of nitrogens with zero attached hydrogens (tertiary/aromatic N) is 2. The number of ether oxygens (including phenoxy) is 1. The lowest BCUT2D eigenvalue weighted by atomic mass is 10.1. The van der Waals surface area contributed by atoms with Crippen LogP contribution in [-0.2, 0) is 0 Å². The van der Waals surface area contributed by atoms with E-state index in [2.05, 4.69) is 30.9 Å². The summed E-state index contributed by atoms with van der Waals surface area (Å²) < 4.78 is 41.7. The van der Waals surface area contributed by atoms with Crippen LogP contribution in [0.1, 0.15) is 13.8 Å². The summed E-state index contributed by atoms with van der Waals surface area (Å²) >= 11 is 12.1. The van der Waals surface area contributed by atoms with Gasteiger partial charge < -0.3 is 10.1 Å². The van der Waals surface area contributed by atoms with Crippen LogP contribution >= 0.6 is 23.2 Å². The molecular weight excluding hydrogens is 454 g/mol. The Bertz CT molecular complexity index is 1060. The number of rotatable bonds is 7. The van der Waals surface area contributed by atoms with Gasteiger partial charge in [-0.05, 0) is 44.2 Å². The molecule has 0 aliphatic rings. The lowest BCUT2D eigenvalue weighted by Gasteiger charge is -2.15. The predicted molar refractivity (Wildman–Crippen MR) is 117 cm³/mol. The molecule has 0 spiro atoms. The highest BCUT2D eigenvalue weighted by Crippen LogP contribution is 2.29. The number of alkyl halides is 3. The first kappa shape index (κ1) is 22.8. The fourth-order valence-electron chi connectivity index (χ4n) is 2.56. The van der Waals surface area contributed by atoms with Gasteiger partial charge in [-0.1, -0.05) is 35.3 Å². The first-order valence-electron chi connectivity index (χ1n) is 9.08. The molecule has 164 valence electrons. The smallest absolute Gasteiger partial charge is 0.406 e. The topological polar surface area (TPSA) is 71.1 Å². The van der Waals surface area contributed by atoms with Gasteiger partial charge in [-0.3, -0.25) is 10.9 Å². The van der Waals surface area contributed by atoms with Crippen molar-refractivity contribution in [2.24, 2.45) is 0 Å². The van der Waals surface area contributed by atoms with Crippen LogP contribution in [0.4, 0.5) is 30.6 Å². The van der Waals surface area contributed by atoms with Gasteiger partial charge in [-0.15, -0.1) is 13.2 Å². The first-order valence-corrected chi connectivity index (χ1v) is 9.83. The Labute approximate surface area is 186 Å². The quantitative estimate of drug-likeness (QED) is 0.336. The van der Waals surface area contributed by atoms with Gasteiger partial charge in [0.1, 0.15) is 5.75 Å². The molecule has 31 heavy (non-hydrogen) atoms. The molecule has 0 saturated heterocycles. The van der Waals surface area contributed by atoms with Crippen LogP contribution in [0.2, 0.25) is 10.0 Å². The van der Waals surface area contributed by atoms with E-state index in [1.165, 1.54) is 18.2 Å². The van der Waals surface area contributed by atoms with Crippen molar-refractivity contribution in [1.29, 1.82) is 0 Å². The summed E-state index contributed by atoms with van der Waals surface area (Å²) in [4.78, 5) is 8.76. The third-order valence-electron chi connectivity index (χ3n) is 3.76. The van der Waals surface area contributed by atoms with Gasteiger partial charge in [0.15, 0.2) is 5.82 Å². The summed E-state index contributed by atoms with van der Waals surface area (Å²) in [7, 11) is 0. The van der Waals surface area contributed by atoms with Crippen LogP contribution in [0, 0.1) is 0 Å². The van der Waals surface area contributed by atoms with Crippen LogP contribution < -0.4 is 20.9 Å². The van der Waals surface area contributed by atoms with Gasteiger partial charge in [0, 0.05) is 22.7 Å². The maximum absolute atomic E-state index is 12.6. The van der Waals surface area contributed by atoms with Crippen LogP contribution in [0.3, 0.4) is 0 Å². The molecule has 0 bridgehead atoms. The van der Waals surface area contributed by atoms with E-state index in [0.29, 0.717) is 38.8 Å². The predicted octanol–water partition coefficient (Wildman–Crippen LogP) is 6.61. The molecule has 0 radical (unpaired) electrons. The fraction of sp³-hybridized carbons (Fsp3) is 0.200. The highest BCUT2D eigenvalue weighted by Gasteiger charge is 2.31. The number of aromatic nitrogens is 2. The molecule has 3 rings (SSSR count). The van der Waals surface area contributed by atoms with Crippen LogP contribution in [0.15, 0.2) is 48.5 Å². The molecule has 0 aliphatic carbocycles. The largest absolute Gasteiger partial charge is 0.573 e. The Morgan fingerprint density at radius 2 is 1.74 bits per heavy atom. The number of hydrogen-bond acceptors (Lipinski definition) is 6. The van der Waals surface area contributed by atoms with E-state index in [0.717, 1.165) is 0 Å². The Kier molecular flexibility index (Phi) is 6.97. The van der Waals surface area contributed by atoms with Crippen LogP contribution in [0.25, 0.3) is 11.3 Å². The highest BCUT2D eigenvalue weighted by molar-refractivity contribution is 6.36. The molecule has 0 unspecified atom stereocenters.